The Morgan fingerprint density at radius 3 is 2.88 bits per heavy atom. The maximum absolute atomic E-state index is 5.79. The molecule has 3 rings (SSSR count). The zero-order valence-corrected chi connectivity index (χ0v) is 11.4. The molecule has 0 radical (unpaired) electrons. The highest BCUT2D eigenvalue weighted by Crippen LogP contribution is 2.38. The minimum absolute atomic E-state index is 0.543. The van der Waals surface area contributed by atoms with E-state index in [1.165, 1.54) is 32.1 Å². The molecule has 1 aliphatic heterocycles. The predicted molar refractivity (Wildman–Crippen MR) is 71.9 cm³/mol. The molecule has 1 aromatic heterocycles. The van der Waals surface area contributed by atoms with E-state index in [0.29, 0.717) is 11.9 Å². The Balaban J connectivity index is 1.88. The largest absolute Gasteiger partial charge is 0.383 e. The van der Waals surface area contributed by atoms with Crippen molar-refractivity contribution in [1.29, 1.82) is 0 Å². The minimum Gasteiger partial charge on any atom is -0.383 e. The lowest BCUT2D eigenvalue weighted by atomic mass is 9.85. The topological polar surface area (TPSA) is 55.0 Å². The van der Waals surface area contributed by atoms with E-state index in [1.54, 1.807) is 6.07 Å². The molecule has 4 nitrogen and oxygen atoms in total. The first-order chi connectivity index (χ1) is 8.24. The highest BCUT2D eigenvalue weighted by Gasteiger charge is 2.36. The first kappa shape index (κ1) is 11.3. The van der Waals surface area contributed by atoms with Crippen LogP contribution in [-0.2, 0) is 0 Å². The summed E-state index contributed by atoms with van der Waals surface area (Å²) < 4.78 is 0.777. The van der Waals surface area contributed by atoms with Crippen LogP contribution in [0.1, 0.15) is 32.1 Å². The van der Waals surface area contributed by atoms with E-state index in [-0.39, 0.29) is 0 Å². The Labute approximate surface area is 110 Å². The Bertz CT molecular complexity index is 403. The lowest BCUT2D eigenvalue weighted by Crippen LogP contribution is -2.35. The van der Waals surface area contributed by atoms with Crippen molar-refractivity contribution >= 4 is 27.7 Å². The van der Waals surface area contributed by atoms with Crippen molar-refractivity contribution in [1.82, 2.24) is 9.97 Å². The van der Waals surface area contributed by atoms with Crippen LogP contribution < -0.4 is 10.6 Å². The third kappa shape index (κ3) is 2.12. The molecule has 17 heavy (non-hydrogen) atoms. The molecule has 2 aliphatic rings. The van der Waals surface area contributed by atoms with Gasteiger partial charge in [0.1, 0.15) is 10.4 Å². The first-order valence-electron chi connectivity index (χ1n) is 6.31. The number of rotatable bonds is 1. The third-order valence-corrected chi connectivity index (χ3v) is 4.38. The van der Waals surface area contributed by atoms with Crippen LogP contribution in [0.3, 0.4) is 0 Å². The summed E-state index contributed by atoms with van der Waals surface area (Å²) in [6.45, 7) is 1.07. The van der Waals surface area contributed by atoms with Gasteiger partial charge in [0.15, 0.2) is 0 Å². The number of hydrogen-bond donors (Lipinski definition) is 1. The van der Waals surface area contributed by atoms with E-state index in [0.717, 1.165) is 23.0 Å². The molecular weight excluding hydrogens is 280 g/mol. The quantitative estimate of drug-likeness (QED) is 0.810. The van der Waals surface area contributed by atoms with Crippen LogP contribution in [0.5, 0.6) is 0 Å². The van der Waals surface area contributed by atoms with Crippen molar-refractivity contribution in [2.75, 3.05) is 17.2 Å². The molecule has 92 valence electrons. The van der Waals surface area contributed by atoms with Gasteiger partial charge in [-0.3, -0.25) is 0 Å². The molecule has 1 saturated heterocycles. The number of nitrogens with zero attached hydrogens (tertiary/aromatic N) is 3. The number of anilines is 2. The molecular formula is C12H17BrN4. The number of aromatic nitrogens is 2. The van der Waals surface area contributed by atoms with Gasteiger partial charge in [-0.15, -0.1) is 0 Å². The number of fused-ring (bicyclic) bond motifs is 1. The fourth-order valence-electron chi connectivity index (χ4n) is 3.21. The highest BCUT2D eigenvalue weighted by atomic mass is 79.9. The number of hydrogen-bond acceptors (Lipinski definition) is 4. The second kappa shape index (κ2) is 4.44. The molecule has 2 atom stereocenters. The van der Waals surface area contributed by atoms with E-state index >= 15 is 0 Å². The fraction of sp³-hybridized carbons (Fsp3) is 0.667. The van der Waals surface area contributed by atoms with E-state index in [4.69, 9.17) is 5.73 Å². The molecule has 1 aliphatic carbocycles. The molecule has 2 N–H and O–H groups in total. The van der Waals surface area contributed by atoms with Crippen molar-refractivity contribution in [2.45, 2.75) is 38.1 Å². The summed E-state index contributed by atoms with van der Waals surface area (Å²) in [6.07, 6.45) is 6.64. The van der Waals surface area contributed by atoms with Crippen molar-refractivity contribution in [3.63, 3.8) is 0 Å². The number of halogens is 1. The maximum Gasteiger partial charge on any atom is 0.228 e. The first-order valence-corrected chi connectivity index (χ1v) is 7.10. The highest BCUT2D eigenvalue weighted by molar-refractivity contribution is 9.10. The van der Waals surface area contributed by atoms with Gasteiger partial charge >= 0.3 is 0 Å². The van der Waals surface area contributed by atoms with Gasteiger partial charge in [-0.1, -0.05) is 12.8 Å². The van der Waals surface area contributed by atoms with Gasteiger partial charge < -0.3 is 10.6 Å². The average molecular weight is 297 g/mol. The van der Waals surface area contributed by atoms with Crippen LogP contribution in [0, 0.1) is 5.92 Å². The lowest BCUT2D eigenvalue weighted by molar-refractivity contribution is 0.341. The van der Waals surface area contributed by atoms with Gasteiger partial charge in [0.2, 0.25) is 5.95 Å². The number of nitrogens with two attached hydrogens (primary N) is 1. The van der Waals surface area contributed by atoms with Gasteiger partial charge in [-0.25, -0.2) is 4.98 Å². The van der Waals surface area contributed by atoms with Crippen molar-refractivity contribution < 1.29 is 0 Å². The maximum atomic E-state index is 5.79. The van der Waals surface area contributed by atoms with Crippen LogP contribution in [0.25, 0.3) is 0 Å². The van der Waals surface area contributed by atoms with Crippen LogP contribution in [0.4, 0.5) is 11.8 Å². The SMILES string of the molecule is Nc1cc(Br)nc(N2CCC3CCCCC32)n1. The zero-order valence-electron chi connectivity index (χ0n) is 9.77. The monoisotopic (exact) mass is 296 g/mol. The van der Waals surface area contributed by atoms with E-state index < -0.39 is 0 Å². The molecule has 0 amide bonds. The summed E-state index contributed by atoms with van der Waals surface area (Å²) in [5, 5.41) is 0. The summed E-state index contributed by atoms with van der Waals surface area (Å²) in [5.74, 6) is 2.18. The standard InChI is InChI=1S/C12H17BrN4/c13-10-7-11(14)16-12(15-10)17-6-5-8-3-1-2-4-9(8)17/h7-9H,1-6H2,(H2,14,15,16). The van der Waals surface area contributed by atoms with Gasteiger partial charge in [0.25, 0.3) is 0 Å². The van der Waals surface area contributed by atoms with E-state index in [1.807, 2.05) is 0 Å². The Kier molecular flexibility index (Phi) is 2.94. The minimum atomic E-state index is 0.543. The summed E-state index contributed by atoms with van der Waals surface area (Å²) in [7, 11) is 0. The molecule has 0 bridgehead atoms. The molecule has 5 heteroatoms. The smallest absolute Gasteiger partial charge is 0.228 e. The van der Waals surface area contributed by atoms with Crippen LogP contribution in [0.15, 0.2) is 10.7 Å². The Morgan fingerprint density at radius 2 is 2.06 bits per heavy atom. The zero-order chi connectivity index (χ0) is 11.8. The normalized spacial score (nSPS) is 28.2. The van der Waals surface area contributed by atoms with Crippen LogP contribution >= 0.6 is 15.9 Å². The van der Waals surface area contributed by atoms with Gasteiger partial charge in [0.05, 0.1) is 0 Å². The lowest BCUT2D eigenvalue weighted by Gasteiger charge is -2.31. The summed E-state index contributed by atoms with van der Waals surface area (Å²) >= 11 is 3.39. The van der Waals surface area contributed by atoms with Crippen molar-refractivity contribution in [3.05, 3.63) is 10.7 Å². The molecule has 0 spiro atoms. The number of nitrogen functional groups attached to an aromatic ring is 1. The van der Waals surface area contributed by atoms with Crippen LogP contribution in [0.2, 0.25) is 0 Å². The molecule has 2 unspecified atom stereocenters. The fourth-order valence-corrected chi connectivity index (χ4v) is 3.60. The Hall–Kier alpha value is -0.840. The van der Waals surface area contributed by atoms with Crippen molar-refractivity contribution in [3.8, 4) is 0 Å². The van der Waals surface area contributed by atoms with Gasteiger partial charge in [-0.2, -0.15) is 4.98 Å². The summed E-state index contributed by atoms with van der Waals surface area (Å²) in [6, 6.07) is 2.38. The molecule has 0 aromatic carbocycles. The predicted octanol–water partition coefficient (Wildman–Crippen LogP) is 2.59. The molecule has 2 fully saturated rings. The van der Waals surface area contributed by atoms with Crippen LogP contribution in [-0.4, -0.2) is 22.6 Å². The van der Waals surface area contributed by atoms with E-state index in [9.17, 15) is 0 Å². The molecule has 1 aromatic rings. The molecule has 1 saturated carbocycles. The molecule has 2 heterocycles. The average Bonchev–Trinajstić information content (AvgIpc) is 2.71. The second-order valence-electron chi connectivity index (χ2n) is 5.01. The van der Waals surface area contributed by atoms with E-state index in [2.05, 4.69) is 30.8 Å². The van der Waals surface area contributed by atoms with Crippen molar-refractivity contribution in [2.24, 2.45) is 5.92 Å². The Morgan fingerprint density at radius 1 is 1.24 bits per heavy atom. The van der Waals surface area contributed by atoms with Gasteiger partial charge in [0, 0.05) is 18.7 Å². The summed E-state index contributed by atoms with van der Waals surface area (Å²) in [5.41, 5.74) is 5.79. The summed E-state index contributed by atoms with van der Waals surface area (Å²) in [4.78, 5) is 11.2. The van der Waals surface area contributed by atoms with Gasteiger partial charge in [-0.05, 0) is 41.1 Å². The second-order valence-corrected chi connectivity index (χ2v) is 5.82. The third-order valence-electron chi connectivity index (χ3n) is 3.97.